The van der Waals surface area contributed by atoms with Crippen molar-refractivity contribution in [3.63, 3.8) is 0 Å². The minimum absolute atomic E-state index is 0.195. The van der Waals surface area contributed by atoms with Crippen LogP contribution in [0.3, 0.4) is 0 Å². The summed E-state index contributed by atoms with van der Waals surface area (Å²) >= 11 is 7.65. The Hall–Kier alpha value is -2.05. The number of benzene rings is 1. The average molecular weight is 401 g/mol. The molecule has 1 atom stereocenters. The maximum atomic E-state index is 12.7. The van der Waals surface area contributed by atoms with Gasteiger partial charge in [0, 0.05) is 36.0 Å². The lowest BCUT2D eigenvalue weighted by molar-refractivity contribution is -0.129. The topological polar surface area (TPSA) is 50.5 Å². The number of carbonyl (C=O) groups excluding carboxylic acids is 1. The van der Waals surface area contributed by atoms with E-state index in [0.717, 1.165) is 47.2 Å². The predicted molar refractivity (Wildman–Crippen MR) is 109 cm³/mol. The molecule has 0 radical (unpaired) electrons. The highest BCUT2D eigenvalue weighted by Crippen LogP contribution is 2.27. The van der Waals surface area contributed by atoms with E-state index in [9.17, 15) is 4.79 Å². The first-order valence-corrected chi connectivity index (χ1v) is 10.6. The van der Waals surface area contributed by atoms with E-state index in [0.29, 0.717) is 12.3 Å². The van der Waals surface area contributed by atoms with Crippen molar-refractivity contribution in [2.75, 3.05) is 18.8 Å². The lowest BCUT2D eigenvalue weighted by Gasteiger charge is -2.32. The lowest BCUT2D eigenvalue weighted by atomic mass is 9.97. The molecule has 0 unspecified atom stereocenters. The molecule has 1 saturated heterocycles. The number of likely N-dealkylation sites (tertiary alicyclic amines) is 1. The minimum Gasteiger partial charge on any atom is -0.341 e. The van der Waals surface area contributed by atoms with Crippen LogP contribution in [0.25, 0.3) is 5.65 Å². The normalized spacial score (nSPS) is 17.4. The lowest BCUT2D eigenvalue weighted by Crippen LogP contribution is -2.40. The number of hydrogen-bond donors (Lipinski definition) is 0. The van der Waals surface area contributed by atoms with E-state index in [1.807, 2.05) is 58.0 Å². The maximum Gasteiger partial charge on any atom is 0.232 e. The molecule has 4 rings (SSSR count). The molecule has 140 valence electrons. The molecule has 1 amide bonds. The minimum atomic E-state index is 0.195. The van der Waals surface area contributed by atoms with Crippen molar-refractivity contribution in [3.8, 4) is 0 Å². The number of carbonyl (C=O) groups is 1. The van der Waals surface area contributed by atoms with Crippen molar-refractivity contribution >= 4 is 34.9 Å². The number of amides is 1. The molecule has 3 aromatic rings. The van der Waals surface area contributed by atoms with Gasteiger partial charge in [-0.15, -0.1) is 22.0 Å². The van der Waals surface area contributed by atoms with E-state index in [2.05, 4.69) is 10.2 Å². The molecule has 0 aliphatic carbocycles. The van der Waals surface area contributed by atoms with E-state index in [1.54, 1.807) is 11.8 Å². The van der Waals surface area contributed by atoms with Gasteiger partial charge in [-0.05, 0) is 42.7 Å². The summed E-state index contributed by atoms with van der Waals surface area (Å²) in [6, 6.07) is 13.7. The number of fused-ring (bicyclic) bond motifs is 1. The number of rotatable bonds is 5. The molecule has 1 aliphatic rings. The number of hydrogen-bond acceptors (Lipinski definition) is 4. The highest BCUT2D eigenvalue weighted by molar-refractivity contribution is 7.99. The molecule has 2 aromatic heterocycles. The third-order valence-electron chi connectivity index (χ3n) is 4.86. The second kappa shape index (κ2) is 8.31. The van der Waals surface area contributed by atoms with Gasteiger partial charge in [0.05, 0.1) is 5.75 Å². The van der Waals surface area contributed by atoms with Gasteiger partial charge < -0.3 is 4.90 Å². The number of thioether (sulfide) groups is 1. The van der Waals surface area contributed by atoms with Crippen molar-refractivity contribution < 1.29 is 4.79 Å². The van der Waals surface area contributed by atoms with Gasteiger partial charge in [0.15, 0.2) is 5.65 Å². The van der Waals surface area contributed by atoms with Crippen LogP contribution < -0.4 is 0 Å². The van der Waals surface area contributed by atoms with Crippen molar-refractivity contribution in [3.05, 3.63) is 65.1 Å². The Morgan fingerprint density at radius 1 is 1.22 bits per heavy atom. The monoisotopic (exact) mass is 400 g/mol. The van der Waals surface area contributed by atoms with Crippen molar-refractivity contribution in [1.29, 1.82) is 0 Å². The Labute approximate surface area is 167 Å². The standard InChI is InChI=1S/C20H21ClN4OS/c21-17-7-3-5-15(11-17)13-27-14-19(26)24-9-4-6-16(12-24)20-23-22-18-8-1-2-10-25(18)20/h1-3,5,7-8,10-11,16H,4,6,9,12-14H2/t16-/m1/s1. The smallest absolute Gasteiger partial charge is 0.232 e. The number of pyridine rings is 1. The molecule has 1 aliphatic heterocycles. The highest BCUT2D eigenvalue weighted by Gasteiger charge is 2.27. The summed E-state index contributed by atoms with van der Waals surface area (Å²) in [7, 11) is 0. The van der Waals surface area contributed by atoms with Gasteiger partial charge >= 0.3 is 0 Å². The van der Waals surface area contributed by atoms with E-state index in [-0.39, 0.29) is 11.8 Å². The Kier molecular flexibility index (Phi) is 5.64. The van der Waals surface area contributed by atoms with Gasteiger partial charge in [-0.25, -0.2) is 0 Å². The number of nitrogens with zero attached hydrogens (tertiary/aromatic N) is 4. The molecule has 7 heteroatoms. The van der Waals surface area contributed by atoms with Crippen LogP contribution in [0.15, 0.2) is 48.7 Å². The molecular weight excluding hydrogens is 380 g/mol. The highest BCUT2D eigenvalue weighted by atomic mass is 35.5. The fourth-order valence-electron chi connectivity index (χ4n) is 3.53. The summed E-state index contributed by atoms with van der Waals surface area (Å²) in [6.07, 6.45) is 4.03. The van der Waals surface area contributed by atoms with Crippen LogP contribution in [0.4, 0.5) is 0 Å². The zero-order valence-corrected chi connectivity index (χ0v) is 16.5. The van der Waals surface area contributed by atoms with Crippen LogP contribution in [-0.4, -0.2) is 44.2 Å². The third-order valence-corrected chi connectivity index (χ3v) is 6.09. The second-order valence-corrected chi connectivity index (χ2v) is 8.21. The molecule has 0 saturated carbocycles. The molecule has 1 aromatic carbocycles. The van der Waals surface area contributed by atoms with E-state index >= 15 is 0 Å². The van der Waals surface area contributed by atoms with E-state index in [1.165, 1.54) is 0 Å². The summed E-state index contributed by atoms with van der Waals surface area (Å²) in [5.74, 6) is 2.66. The second-order valence-electron chi connectivity index (χ2n) is 6.79. The molecule has 0 bridgehead atoms. The predicted octanol–water partition coefficient (Wildman–Crippen LogP) is 4.02. The third kappa shape index (κ3) is 4.28. The van der Waals surface area contributed by atoms with Crippen molar-refractivity contribution in [2.45, 2.75) is 24.5 Å². The van der Waals surface area contributed by atoms with Gasteiger partial charge in [-0.3, -0.25) is 9.20 Å². The number of aromatic nitrogens is 3. The largest absolute Gasteiger partial charge is 0.341 e. The molecule has 5 nitrogen and oxygen atoms in total. The Bertz CT molecular complexity index is 944. The molecule has 27 heavy (non-hydrogen) atoms. The number of halogens is 1. The molecule has 1 fully saturated rings. The Morgan fingerprint density at radius 3 is 3.04 bits per heavy atom. The maximum absolute atomic E-state index is 12.7. The Morgan fingerprint density at radius 2 is 2.15 bits per heavy atom. The molecule has 0 N–H and O–H groups in total. The van der Waals surface area contributed by atoms with Gasteiger partial charge in [0.25, 0.3) is 0 Å². The van der Waals surface area contributed by atoms with Gasteiger partial charge in [-0.2, -0.15) is 0 Å². The summed E-state index contributed by atoms with van der Waals surface area (Å²) < 4.78 is 2.03. The Balaban J connectivity index is 1.35. The van der Waals surface area contributed by atoms with Crippen LogP contribution in [0.5, 0.6) is 0 Å². The number of piperidine rings is 1. The first-order valence-electron chi connectivity index (χ1n) is 9.10. The summed E-state index contributed by atoms with van der Waals surface area (Å²) in [5, 5.41) is 9.36. The molecule has 0 spiro atoms. The fourth-order valence-corrected chi connectivity index (χ4v) is 4.61. The first kappa shape index (κ1) is 18.3. The summed E-state index contributed by atoms with van der Waals surface area (Å²) in [6.45, 7) is 1.54. The van der Waals surface area contributed by atoms with Crippen LogP contribution >= 0.6 is 23.4 Å². The van der Waals surface area contributed by atoms with Crippen LogP contribution in [-0.2, 0) is 10.5 Å². The zero-order valence-electron chi connectivity index (χ0n) is 14.9. The van der Waals surface area contributed by atoms with Crippen LogP contribution in [0.1, 0.15) is 30.1 Å². The van der Waals surface area contributed by atoms with Gasteiger partial charge in [0.1, 0.15) is 5.82 Å². The van der Waals surface area contributed by atoms with E-state index < -0.39 is 0 Å². The fraction of sp³-hybridized carbons (Fsp3) is 0.350. The summed E-state index contributed by atoms with van der Waals surface area (Å²) in [4.78, 5) is 14.6. The SMILES string of the molecule is O=C(CSCc1cccc(Cl)c1)N1CCC[C@@H](c2nnc3ccccn23)C1. The van der Waals surface area contributed by atoms with E-state index in [4.69, 9.17) is 11.6 Å². The average Bonchev–Trinajstić information content (AvgIpc) is 3.12. The first-order chi connectivity index (χ1) is 13.2. The van der Waals surface area contributed by atoms with Gasteiger partial charge in [0.2, 0.25) is 5.91 Å². The van der Waals surface area contributed by atoms with Crippen LogP contribution in [0, 0.1) is 0 Å². The molecule has 3 heterocycles. The summed E-state index contributed by atoms with van der Waals surface area (Å²) in [5.41, 5.74) is 2.00. The van der Waals surface area contributed by atoms with Crippen LogP contribution in [0.2, 0.25) is 5.02 Å². The van der Waals surface area contributed by atoms with Crippen molar-refractivity contribution in [1.82, 2.24) is 19.5 Å². The zero-order chi connectivity index (χ0) is 18.6. The quantitative estimate of drug-likeness (QED) is 0.649. The van der Waals surface area contributed by atoms with Crippen molar-refractivity contribution in [2.24, 2.45) is 0 Å². The van der Waals surface area contributed by atoms with Gasteiger partial charge in [-0.1, -0.05) is 29.8 Å². The molecular formula is C20H21ClN4OS.